The van der Waals surface area contributed by atoms with Crippen molar-refractivity contribution < 1.29 is 14.4 Å². The lowest BCUT2D eigenvalue weighted by atomic mass is 10.2. The zero-order valence-electron chi connectivity index (χ0n) is 8.45. The first-order chi connectivity index (χ1) is 6.56. The number of Topliss-reactive ketones (excluding diaryl/α,β-unsaturated/α-hetero) is 1. The number of hydrogen-bond donors (Lipinski definition) is 0. The molecule has 1 fully saturated rings. The van der Waals surface area contributed by atoms with Gasteiger partial charge in [0.05, 0.1) is 6.54 Å². The van der Waals surface area contributed by atoms with Gasteiger partial charge in [0.2, 0.25) is 0 Å². The number of carbonyl (C=O) groups is 3. The number of urea groups is 1. The van der Waals surface area contributed by atoms with Crippen LogP contribution in [0.4, 0.5) is 4.79 Å². The van der Waals surface area contributed by atoms with Crippen molar-refractivity contribution in [2.75, 3.05) is 20.1 Å². The summed E-state index contributed by atoms with van der Waals surface area (Å²) in [5, 5.41) is 0. The van der Waals surface area contributed by atoms with Gasteiger partial charge in [0.1, 0.15) is 6.54 Å². The minimum atomic E-state index is -0.376. The first-order valence-electron chi connectivity index (χ1n) is 4.63. The average Bonchev–Trinajstić information content (AvgIpc) is 2.33. The van der Waals surface area contributed by atoms with Gasteiger partial charge in [-0.1, -0.05) is 6.92 Å². The monoisotopic (exact) mass is 198 g/mol. The van der Waals surface area contributed by atoms with Crippen LogP contribution >= 0.6 is 0 Å². The van der Waals surface area contributed by atoms with E-state index in [0.717, 1.165) is 11.3 Å². The molecule has 5 heteroatoms. The van der Waals surface area contributed by atoms with E-state index in [4.69, 9.17) is 0 Å². The molecule has 78 valence electrons. The molecule has 0 radical (unpaired) electrons. The molecule has 1 saturated heterocycles. The smallest absolute Gasteiger partial charge is 0.318 e. The van der Waals surface area contributed by atoms with Gasteiger partial charge in [0.15, 0.2) is 5.78 Å². The Morgan fingerprint density at radius 3 is 2.50 bits per heavy atom. The van der Waals surface area contributed by atoms with Crippen molar-refractivity contribution in [3.05, 3.63) is 0 Å². The molecule has 0 atom stereocenters. The fourth-order valence-electron chi connectivity index (χ4n) is 1.36. The van der Waals surface area contributed by atoms with Gasteiger partial charge in [-0.25, -0.2) is 4.79 Å². The molecule has 0 unspecified atom stereocenters. The number of rotatable bonds is 4. The third-order valence-corrected chi connectivity index (χ3v) is 2.09. The number of likely N-dealkylation sites (N-methyl/N-ethyl adjacent to an activating group) is 1. The van der Waals surface area contributed by atoms with Gasteiger partial charge in [0, 0.05) is 13.5 Å². The lowest BCUT2D eigenvalue weighted by molar-refractivity contribution is -0.129. The molecule has 0 aromatic heterocycles. The van der Waals surface area contributed by atoms with Gasteiger partial charge >= 0.3 is 6.03 Å². The van der Waals surface area contributed by atoms with Crippen LogP contribution in [0.25, 0.3) is 0 Å². The van der Waals surface area contributed by atoms with E-state index >= 15 is 0 Å². The van der Waals surface area contributed by atoms with Crippen molar-refractivity contribution >= 4 is 17.7 Å². The van der Waals surface area contributed by atoms with E-state index in [1.54, 1.807) is 7.05 Å². The van der Waals surface area contributed by atoms with Crippen LogP contribution < -0.4 is 0 Å². The van der Waals surface area contributed by atoms with E-state index in [2.05, 4.69) is 0 Å². The maximum absolute atomic E-state index is 11.3. The first-order valence-corrected chi connectivity index (χ1v) is 4.63. The average molecular weight is 198 g/mol. The Morgan fingerprint density at radius 2 is 2.07 bits per heavy atom. The van der Waals surface area contributed by atoms with E-state index in [1.165, 1.54) is 4.90 Å². The Bertz CT molecular complexity index is 275. The molecule has 1 rings (SSSR count). The van der Waals surface area contributed by atoms with E-state index < -0.39 is 0 Å². The third-order valence-electron chi connectivity index (χ3n) is 2.09. The summed E-state index contributed by atoms with van der Waals surface area (Å²) in [6.45, 7) is 1.89. The van der Waals surface area contributed by atoms with Crippen LogP contribution in [-0.2, 0) is 9.59 Å². The molecule has 1 heterocycles. The fraction of sp³-hybridized carbons (Fsp3) is 0.667. The molecule has 5 nitrogen and oxygen atoms in total. The van der Waals surface area contributed by atoms with Gasteiger partial charge in [-0.15, -0.1) is 0 Å². The Balaban J connectivity index is 2.56. The standard InChI is InChI=1S/C9H14N2O3/c1-3-4-7(12)5-11-8(13)6-10(2)9(11)14/h3-6H2,1-2H3. The predicted octanol–water partition coefficient (Wildman–Crippen LogP) is 0.250. The van der Waals surface area contributed by atoms with Gasteiger partial charge in [0.25, 0.3) is 5.91 Å². The highest BCUT2D eigenvalue weighted by Gasteiger charge is 2.34. The second kappa shape index (κ2) is 4.21. The van der Waals surface area contributed by atoms with Gasteiger partial charge in [-0.2, -0.15) is 0 Å². The molecule has 0 aromatic rings. The molecule has 1 aliphatic heterocycles. The Hall–Kier alpha value is -1.39. The Labute approximate surface area is 82.7 Å². The zero-order chi connectivity index (χ0) is 10.7. The molecule has 0 saturated carbocycles. The highest BCUT2D eigenvalue weighted by molar-refractivity contribution is 6.04. The molecule has 3 amide bonds. The molecular formula is C9H14N2O3. The van der Waals surface area contributed by atoms with E-state index in [9.17, 15) is 14.4 Å². The summed E-state index contributed by atoms with van der Waals surface area (Å²) in [6, 6.07) is -0.376. The van der Waals surface area contributed by atoms with Crippen LogP contribution in [-0.4, -0.2) is 47.7 Å². The number of carbonyl (C=O) groups excluding carboxylic acids is 3. The van der Waals surface area contributed by atoms with Crippen LogP contribution in [0.5, 0.6) is 0 Å². The minimum absolute atomic E-state index is 0.0653. The van der Waals surface area contributed by atoms with Gasteiger partial charge in [-0.05, 0) is 6.42 Å². The first kappa shape index (κ1) is 10.7. The van der Waals surface area contributed by atoms with Crippen LogP contribution in [0.1, 0.15) is 19.8 Å². The summed E-state index contributed by atoms with van der Waals surface area (Å²) >= 11 is 0. The Kier molecular flexibility index (Phi) is 3.22. The summed E-state index contributed by atoms with van der Waals surface area (Å²) in [7, 11) is 1.55. The van der Waals surface area contributed by atoms with Crippen LogP contribution in [0.15, 0.2) is 0 Å². The predicted molar refractivity (Wildman–Crippen MR) is 49.7 cm³/mol. The van der Waals surface area contributed by atoms with Crippen molar-refractivity contribution in [3.8, 4) is 0 Å². The molecule has 0 N–H and O–H groups in total. The minimum Gasteiger partial charge on any atom is -0.318 e. The van der Waals surface area contributed by atoms with Gasteiger partial charge in [-0.3, -0.25) is 14.5 Å². The number of imide groups is 1. The van der Waals surface area contributed by atoms with Crippen LogP contribution in [0.2, 0.25) is 0 Å². The normalized spacial score (nSPS) is 16.7. The number of hydrogen-bond acceptors (Lipinski definition) is 3. The quantitative estimate of drug-likeness (QED) is 0.608. The number of ketones is 1. The highest BCUT2D eigenvalue weighted by atomic mass is 16.2. The van der Waals surface area contributed by atoms with E-state index in [1.807, 2.05) is 6.92 Å². The summed E-state index contributed by atoms with van der Waals surface area (Å²) in [6.07, 6.45) is 1.16. The SMILES string of the molecule is CCCC(=O)CN1C(=O)CN(C)C1=O. The van der Waals surface area contributed by atoms with Crippen LogP contribution in [0.3, 0.4) is 0 Å². The number of nitrogens with zero attached hydrogens (tertiary/aromatic N) is 2. The van der Waals surface area contributed by atoms with Crippen molar-refractivity contribution in [2.24, 2.45) is 0 Å². The summed E-state index contributed by atoms with van der Waals surface area (Å²) in [4.78, 5) is 36.1. The van der Waals surface area contributed by atoms with Crippen molar-refractivity contribution in [2.45, 2.75) is 19.8 Å². The topological polar surface area (TPSA) is 57.7 Å². The second-order valence-electron chi connectivity index (χ2n) is 3.41. The lowest BCUT2D eigenvalue weighted by Gasteiger charge is -2.12. The third kappa shape index (κ3) is 2.10. The van der Waals surface area contributed by atoms with E-state index in [-0.39, 0.29) is 30.8 Å². The fourth-order valence-corrected chi connectivity index (χ4v) is 1.36. The molecule has 0 spiro atoms. The van der Waals surface area contributed by atoms with Crippen molar-refractivity contribution in [1.82, 2.24) is 9.80 Å². The second-order valence-corrected chi connectivity index (χ2v) is 3.41. The van der Waals surface area contributed by atoms with Gasteiger partial charge < -0.3 is 4.90 Å². The summed E-state index contributed by atoms with van der Waals surface area (Å²) in [5.74, 6) is -0.355. The molecular weight excluding hydrogens is 184 g/mol. The van der Waals surface area contributed by atoms with Crippen molar-refractivity contribution in [3.63, 3.8) is 0 Å². The maximum atomic E-state index is 11.3. The number of amides is 3. The molecule has 0 aromatic carbocycles. The molecule has 14 heavy (non-hydrogen) atoms. The lowest BCUT2D eigenvalue weighted by Crippen LogP contribution is -2.36. The summed E-state index contributed by atoms with van der Waals surface area (Å²) < 4.78 is 0. The Morgan fingerprint density at radius 1 is 1.43 bits per heavy atom. The zero-order valence-corrected chi connectivity index (χ0v) is 8.45. The largest absolute Gasteiger partial charge is 0.327 e. The van der Waals surface area contributed by atoms with Crippen molar-refractivity contribution in [1.29, 1.82) is 0 Å². The summed E-state index contributed by atoms with van der Waals surface area (Å²) in [5.41, 5.74) is 0. The van der Waals surface area contributed by atoms with Crippen LogP contribution in [0, 0.1) is 0 Å². The molecule has 1 aliphatic rings. The molecule has 0 aliphatic carbocycles. The highest BCUT2D eigenvalue weighted by Crippen LogP contribution is 2.08. The van der Waals surface area contributed by atoms with E-state index in [0.29, 0.717) is 6.42 Å². The molecule has 0 bridgehead atoms. The maximum Gasteiger partial charge on any atom is 0.327 e.